The number of nitrogens with zero attached hydrogens (tertiary/aromatic N) is 1. The predicted molar refractivity (Wildman–Crippen MR) is 104 cm³/mol. The Bertz CT molecular complexity index is 701. The molecule has 1 fully saturated rings. The molecule has 2 aliphatic rings. The van der Waals surface area contributed by atoms with Crippen molar-refractivity contribution in [3.05, 3.63) is 16.7 Å². The number of esters is 1. The largest absolute Gasteiger partial charge is 0.485 e. The first-order valence-corrected chi connectivity index (χ1v) is 9.83. The van der Waals surface area contributed by atoms with Gasteiger partial charge in [0.1, 0.15) is 18.8 Å². The van der Waals surface area contributed by atoms with Crippen LogP contribution in [-0.2, 0) is 9.47 Å². The highest BCUT2D eigenvalue weighted by Crippen LogP contribution is 2.43. The number of methoxy groups -OCH3 is 1. The van der Waals surface area contributed by atoms with Crippen LogP contribution in [0.3, 0.4) is 0 Å². The third-order valence-corrected chi connectivity index (χ3v) is 5.39. The fourth-order valence-corrected chi connectivity index (χ4v) is 3.68. The Balaban J connectivity index is 1.57. The third-order valence-electron chi connectivity index (χ3n) is 5.08. The van der Waals surface area contributed by atoms with E-state index < -0.39 is 12.1 Å². The number of fused-ring (bicyclic) bond motifs is 1. The molecular formula is C19H27ClN2O6. The van der Waals surface area contributed by atoms with Gasteiger partial charge >= 0.3 is 5.97 Å². The first-order chi connectivity index (χ1) is 13.5. The number of nitrogens with two attached hydrogens (primary N) is 1. The van der Waals surface area contributed by atoms with Crippen LogP contribution in [0.25, 0.3) is 0 Å². The summed E-state index contributed by atoms with van der Waals surface area (Å²) in [6.07, 6.45) is 1.13. The summed E-state index contributed by atoms with van der Waals surface area (Å²) in [5.41, 5.74) is 6.32. The quantitative estimate of drug-likeness (QED) is 0.393. The number of anilines is 1. The minimum atomic E-state index is -0.571. The number of hydrogen-bond donors (Lipinski definition) is 2. The lowest BCUT2D eigenvalue weighted by Crippen LogP contribution is -2.45. The van der Waals surface area contributed by atoms with Gasteiger partial charge in [0, 0.05) is 32.7 Å². The number of likely N-dealkylation sites (tertiary alicyclic amines) is 1. The van der Waals surface area contributed by atoms with Gasteiger partial charge < -0.3 is 34.7 Å². The summed E-state index contributed by atoms with van der Waals surface area (Å²) in [5, 5.41) is 10.6. The number of hydrogen-bond acceptors (Lipinski definition) is 8. The molecule has 0 radical (unpaired) electrons. The van der Waals surface area contributed by atoms with Crippen LogP contribution in [0, 0.1) is 5.92 Å². The van der Waals surface area contributed by atoms with Crippen LogP contribution in [0.5, 0.6) is 11.5 Å². The molecule has 2 heterocycles. The van der Waals surface area contributed by atoms with Crippen molar-refractivity contribution in [3.8, 4) is 11.5 Å². The Hall–Kier alpha value is -1.74. The zero-order valence-electron chi connectivity index (χ0n) is 16.0. The number of aliphatic hydroxyl groups excluding tert-OH is 1. The molecule has 9 heteroatoms. The minimum Gasteiger partial charge on any atom is -0.485 e. The number of piperidine rings is 1. The minimum absolute atomic E-state index is 0.111. The Morgan fingerprint density at radius 2 is 2.14 bits per heavy atom. The van der Waals surface area contributed by atoms with Crippen molar-refractivity contribution in [1.29, 1.82) is 0 Å². The summed E-state index contributed by atoms with van der Waals surface area (Å²) >= 11 is 6.11. The van der Waals surface area contributed by atoms with E-state index >= 15 is 0 Å². The van der Waals surface area contributed by atoms with E-state index in [0.717, 1.165) is 25.9 Å². The molecular weight excluding hydrogens is 388 g/mol. The first-order valence-electron chi connectivity index (χ1n) is 9.45. The maximum Gasteiger partial charge on any atom is 0.342 e. The van der Waals surface area contributed by atoms with Crippen LogP contribution < -0.4 is 15.2 Å². The van der Waals surface area contributed by atoms with Gasteiger partial charge in [-0.15, -0.1) is 0 Å². The lowest BCUT2D eigenvalue weighted by atomic mass is 9.94. The molecule has 3 N–H and O–H groups in total. The molecule has 0 saturated carbocycles. The molecule has 1 aromatic carbocycles. The highest BCUT2D eigenvalue weighted by molar-refractivity contribution is 6.34. The van der Waals surface area contributed by atoms with Crippen molar-refractivity contribution in [3.63, 3.8) is 0 Å². The molecule has 3 rings (SSSR count). The summed E-state index contributed by atoms with van der Waals surface area (Å²) in [6.45, 7) is 3.77. The van der Waals surface area contributed by atoms with E-state index in [1.807, 2.05) is 0 Å². The van der Waals surface area contributed by atoms with Gasteiger partial charge in [-0.3, -0.25) is 0 Å². The van der Waals surface area contributed by atoms with Crippen molar-refractivity contribution >= 4 is 23.3 Å². The van der Waals surface area contributed by atoms with Gasteiger partial charge in [0.05, 0.1) is 23.4 Å². The summed E-state index contributed by atoms with van der Waals surface area (Å²) in [6, 6.07) is 1.43. The molecule has 28 heavy (non-hydrogen) atoms. The first kappa shape index (κ1) is 21.0. The normalized spacial score (nSPS) is 22.1. The van der Waals surface area contributed by atoms with Gasteiger partial charge in [-0.1, -0.05) is 11.6 Å². The van der Waals surface area contributed by atoms with Crippen molar-refractivity contribution in [2.24, 2.45) is 5.92 Å². The van der Waals surface area contributed by atoms with Gasteiger partial charge in [0.15, 0.2) is 11.5 Å². The molecule has 0 unspecified atom stereocenters. The van der Waals surface area contributed by atoms with Crippen molar-refractivity contribution in [2.75, 3.05) is 58.9 Å². The number of ether oxygens (including phenoxy) is 4. The summed E-state index contributed by atoms with van der Waals surface area (Å²) in [7, 11) is 1.68. The predicted octanol–water partition coefficient (Wildman–Crippen LogP) is 1.57. The number of rotatable bonds is 7. The Labute approximate surface area is 169 Å². The molecule has 1 aromatic rings. The van der Waals surface area contributed by atoms with E-state index in [2.05, 4.69) is 4.90 Å². The average Bonchev–Trinajstić information content (AvgIpc) is 2.70. The van der Waals surface area contributed by atoms with Crippen LogP contribution >= 0.6 is 11.6 Å². The van der Waals surface area contributed by atoms with E-state index in [4.69, 9.17) is 36.3 Å². The number of aliphatic hydroxyl groups is 1. The van der Waals surface area contributed by atoms with Crippen molar-refractivity contribution < 1.29 is 28.8 Å². The second-order valence-corrected chi connectivity index (χ2v) is 7.44. The van der Waals surface area contributed by atoms with Crippen LogP contribution in [0.1, 0.15) is 23.2 Å². The highest BCUT2D eigenvalue weighted by Gasteiger charge is 2.30. The van der Waals surface area contributed by atoms with Crippen molar-refractivity contribution in [1.82, 2.24) is 4.90 Å². The van der Waals surface area contributed by atoms with E-state index in [1.165, 1.54) is 6.07 Å². The summed E-state index contributed by atoms with van der Waals surface area (Å²) in [4.78, 5) is 14.8. The number of nitrogen functional groups attached to an aromatic ring is 1. The number of carbonyl (C=O) groups is 1. The van der Waals surface area contributed by atoms with Gasteiger partial charge in [0.2, 0.25) is 0 Å². The van der Waals surface area contributed by atoms with Gasteiger partial charge in [0.25, 0.3) is 0 Å². The molecule has 0 aliphatic carbocycles. The Morgan fingerprint density at radius 3 is 2.86 bits per heavy atom. The van der Waals surface area contributed by atoms with Crippen molar-refractivity contribution in [2.45, 2.75) is 18.9 Å². The second kappa shape index (κ2) is 9.65. The number of halogens is 1. The second-order valence-electron chi connectivity index (χ2n) is 7.04. The average molecular weight is 415 g/mol. The standard InChI is InChI=1S/C19H27ClN2O6/c1-25-6-2-4-22-5-3-12(15(23)10-22)11-28-19(24)13-9-14(20)16(21)18-17(13)26-7-8-27-18/h9,12,15,23H,2-8,10-11,21H2,1H3/t12-,15+/m0/s1. The van der Waals surface area contributed by atoms with E-state index in [9.17, 15) is 9.90 Å². The molecule has 0 aromatic heterocycles. The van der Waals surface area contributed by atoms with Crippen LogP contribution in [0.15, 0.2) is 6.07 Å². The van der Waals surface area contributed by atoms with Crippen LogP contribution in [0.2, 0.25) is 5.02 Å². The zero-order valence-corrected chi connectivity index (χ0v) is 16.7. The fourth-order valence-electron chi connectivity index (χ4n) is 3.48. The molecule has 0 amide bonds. The molecule has 156 valence electrons. The van der Waals surface area contributed by atoms with E-state index in [-0.39, 0.29) is 40.3 Å². The molecule has 0 spiro atoms. The Morgan fingerprint density at radius 1 is 1.39 bits per heavy atom. The highest BCUT2D eigenvalue weighted by atomic mass is 35.5. The molecule has 1 saturated heterocycles. The topological polar surface area (TPSA) is 103 Å². The van der Waals surface area contributed by atoms with Gasteiger partial charge in [-0.2, -0.15) is 0 Å². The van der Waals surface area contributed by atoms with E-state index in [0.29, 0.717) is 26.4 Å². The maximum atomic E-state index is 12.6. The molecule has 2 aliphatic heterocycles. The third kappa shape index (κ3) is 4.81. The molecule has 2 atom stereocenters. The lowest BCUT2D eigenvalue weighted by Gasteiger charge is -2.35. The fraction of sp³-hybridized carbons (Fsp3) is 0.632. The van der Waals surface area contributed by atoms with Gasteiger partial charge in [-0.05, 0) is 25.5 Å². The summed E-state index contributed by atoms with van der Waals surface area (Å²) < 4.78 is 21.6. The lowest BCUT2D eigenvalue weighted by molar-refractivity contribution is -0.0160. The smallest absolute Gasteiger partial charge is 0.342 e. The monoisotopic (exact) mass is 414 g/mol. The number of β-amino-alcohol motifs (C(OH)–C–C–N with tert-alkyl or cyclic N) is 1. The number of benzene rings is 1. The maximum absolute atomic E-state index is 12.6. The SMILES string of the molecule is COCCCN1CC[C@@H](COC(=O)c2cc(Cl)c(N)c3c2OCCO3)[C@H](O)C1. The zero-order chi connectivity index (χ0) is 20.1. The van der Waals surface area contributed by atoms with Gasteiger partial charge in [-0.25, -0.2) is 4.79 Å². The van der Waals surface area contributed by atoms with Crippen LogP contribution in [0.4, 0.5) is 5.69 Å². The molecule has 8 nitrogen and oxygen atoms in total. The number of carbonyl (C=O) groups excluding carboxylic acids is 1. The summed E-state index contributed by atoms with van der Waals surface area (Å²) in [5.74, 6) is -0.153. The molecule has 0 bridgehead atoms. The van der Waals surface area contributed by atoms with E-state index in [1.54, 1.807) is 7.11 Å². The Kier molecular flexibility index (Phi) is 7.23. The van der Waals surface area contributed by atoms with Crippen LogP contribution in [-0.4, -0.2) is 75.3 Å².